The highest BCUT2D eigenvalue weighted by Gasteiger charge is 2.25. The van der Waals surface area contributed by atoms with E-state index < -0.39 is 0 Å². The molecule has 1 aliphatic heterocycles. The Labute approximate surface area is 150 Å². The molecule has 1 aromatic heterocycles. The van der Waals surface area contributed by atoms with Gasteiger partial charge in [-0.05, 0) is 42.3 Å². The van der Waals surface area contributed by atoms with Crippen LogP contribution in [0.15, 0.2) is 67.1 Å². The van der Waals surface area contributed by atoms with Crippen LogP contribution in [0.2, 0.25) is 0 Å². The van der Waals surface area contributed by atoms with E-state index in [2.05, 4.69) is 15.3 Å². The number of benzene rings is 2. The quantitative estimate of drug-likeness (QED) is 0.793. The zero-order valence-electron chi connectivity index (χ0n) is 13.9. The molecule has 4 rings (SSSR count). The normalized spacial score (nSPS) is 12.5. The Kier molecular flexibility index (Phi) is 4.15. The third kappa shape index (κ3) is 3.04. The van der Waals surface area contributed by atoms with E-state index in [4.69, 9.17) is 0 Å². The molecule has 2 heterocycles. The Morgan fingerprint density at radius 2 is 1.81 bits per heavy atom. The number of amides is 2. The van der Waals surface area contributed by atoms with Gasteiger partial charge < -0.3 is 10.2 Å². The molecule has 0 aliphatic carbocycles. The standard InChI is InChI=1S/C20H16N4O2/c25-19(17-13-21-10-11-22-17)23-16-7-5-15(6-8-16)20(26)24-12-9-14-3-1-2-4-18(14)24/h1-8,10-11,13H,9,12H2,(H,23,25). The van der Waals surface area contributed by atoms with Gasteiger partial charge in [0.2, 0.25) is 0 Å². The highest BCUT2D eigenvalue weighted by Crippen LogP contribution is 2.29. The van der Waals surface area contributed by atoms with Crippen molar-refractivity contribution in [3.05, 3.63) is 83.9 Å². The molecular weight excluding hydrogens is 328 g/mol. The largest absolute Gasteiger partial charge is 0.321 e. The summed E-state index contributed by atoms with van der Waals surface area (Å²) in [5.74, 6) is -0.382. The van der Waals surface area contributed by atoms with Crippen LogP contribution in [0.1, 0.15) is 26.4 Å². The summed E-state index contributed by atoms with van der Waals surface area (Å²) in [6.07, 6.45) is 5.24. The fourth-order valence-corrected chi connectivity index (χ4v) is 3.01. The van der Waals surface area contributed by atoms with E-state index in [0.717, 1.165) is 12.1 Å². The lowest BCUT2D eigenvalue weighted by Gasteiger charge is -2.17. The monoisotopic (exact) mass is 344 g/mol. The van der Waals surface area contributed by atoms with Crippen LogP contribution in [0.3, 0.4) is 0 Å². The molecule has 6 nitrogen and oxygen atoms in total. The van der Waals surface area contributed by atoms with Crippen LogP contribution in [0.4, 0.5) is 11.4 Å². The first-order valence-electron chi connectivity index (χ1n) is 8.29. The van der Waals surface area contributed by atoms with E-state index in [1.165, 1.54) is 24.2 Å². The summed E-state index contributed by atoms with van der Waals surface area (Å²) in [5, 5.41) is 2.74. The molecule has 0 saturated carbocycles. The van der Waals surface area contributed by atoms with Gasteiger partial charge in [0.15, 0.2) is 0 Å². The Hall–Kier alpha value is -3.54. The molecule has 0 saturated heterocycles. The summed E-state index contributed by atoms with van der Waals surface area (Å²) < 4.78 is 0. The summed E-state index contributed by atoms with van der Waals surface area (Å²) in [7, 11) is 0. The molecule has 0 atom stereocenters. The first kappa shape index (κ1) is 16.0. The zero-order valence-corrected chi connectivity index (χ0v) is 13.9. The van der Waals surface area contributed by atoms with Crippen molar-refractivity contribution in [3.8, 4) is 0 Å². The summed E-state index contributed by atoms with van der Waals surface area (Å²) in [6.45, 7) is 0.684. The van der Waals surface area contributed by atoms with Gasteiger partial charge in [0.1, 0.15) is 5.69 Å². The van der Waals surface area contributed by atoms with Crippen LogP contribution in [0.25, 0.3) is 0 Å². The predicted molar refractivity (Wildman–Crippen MR) is 98.2 cm³/mol. The van der Waals surface area contributed by atoms with Gasteiger partial charge in [0.05, 0.1) is 6.20 Å². The second-order valence-corrected chi connectivity index (χ2v) is 5.96. The first-order valence-corrected chi connectivity index (χ1v) is 8.29. The summed E-state index contributed by atoms with van der Waals surface area (Å²) in [4.78, 5) is 34.5. The van der Waals surface area contributed by atoms with Crippen molar-refractivity contribution < 1.29 is 9.59 Å². The molecule has 0 fully saturated rings. The minimum absolute atomic E-state index is 0.0400. The van der Waals surface area contributed by atoms with Gasteiger partial charge in [-0.25, -0.2) is 4.98 Å². The number of fused-ring (bicyclic) bond motifs is 1. The zero-order chi connectivity index (χ0) is 17.9. The average molecular weight is 344 g/mol. The van der Waals surface area contributed by atoms with Crippen LogP contribution < -0.4 is 10.2 Å². The number of carbonyl (C=O) groups excluding carboxylic acids is 2. The number of nitrogens with zero attached hydrogens (tertiary/aromatic N) is 3. The van der Waals surface area contributed by atoms with Crippen molar-refractivity contribution in [1.29, 1.82) is 0 Å². The predicted octanol–water partition coefficient (Wildman–Crippen LogP) is 2.93. The lowest BCUT2D eigenvalue weighted by Crippen LogP contribution is -2.28. The van der Waals surface area contributed by atoms with Crippen LogP contribution in [0.5, 0.6) is 0 Å². The number of nitrogens with one attached hydrogen (secondary N) is 1. The Balaban J connectivity index is 1.48. The van der Waals surface area contributed by atoms with E-state index >= 15 is 0 Å². The molecule has 1 aliphatic rings. The maximum atomic E-state index is 12.8. The van der Waals surface area contributed by atoms with Crippen LogP contribution in [-0.4, -0.2) is 28.3 Å². The van der Waals surface area contributed by atoms with Crippen molar-refractivity contribution in [3.63, 3.8) is 0 Å². The van der Waals surface area contributed by atoms with Crippen LogP contribution in [0, 0.1) is 0 Å². The third-order valence-electron chi connectivity index (χ3n) is 4.32. The first-order chi connectivity index (χ1) is 12.7. The molecule has 0 unspecified atom stereocenters. The van der Waals surface area contributed by atoms with Gasteiger partial charge in [0.25, 0.3) is 11.8 Å². The minimum atomic E-state index is -0.342. The maximum absolute atomic E-state index is 12.8. The molecule has 0 bridgehead atoms. The fourth-order valence-electron chi connectivity index (χ4n) is 3.01. The lowest BCUT2D eigenvalue weighted by molar-refractivity contribution is 0.0988. The maximum Gasteiger partial charge on any atom is 0.275 e. The molecule has 2 aromatic carbocycles. The third-order valence-corrected chi connectivity index (χ3v) is 4.32. The van der Waals surface area contributed by atoms with Gasteiger partial charge in [-0.15, -0.1) is 0 Å². The fraction of sp³-hybridized carbons (Fsp3) is 0.100. The van der Waals surface area contributed by atoms with Gasteiger partial charge in [-0.1, -0.05) is 18.2 Å². The number of hydrogen-bond donors (Lipinski definition) is 1. The molecule has 2 amide bonds. The topological polar surface area (TPSA) is 75.2 Å². The SMILES string of the molecule is O=C(Nc1ccc(C(=O)N2CCc3ccccc32)cc1)c1cnccn1. The Bertz CT molecular complexity index is 955. The van der Waals surface area contributed by atoms with Gasteiger partial charge >= 0.3 is 0 Å². The second-order valence-electron chi connectivity index (χ2n) is 5.96. The molecule has 6 heteroatoms. The highest BCUT2D eigenvalue weighted by atomic mass is 16.2. The number of carbonyl (C=O) groups is 2. The molecule has 3 aromatic rings. The lowest BCUT2D eigenvalue weighted by atomic mass is 10.1. The van der Waals surface area contributed by atoms with Crippen molar-refractivity contribution in [2.24, 2.45) is 0 Å². The molecule has 0 spiro atoms. The van der Waals surface area contributed by atoms with E-state index in [9.17, 15) is 9.59 Å². The smallest absolute Gasteiger partial charge is 0.275 e. The van der Waals surface area contributed by atoms with Crippen LogP contribution in [-0.2, 0) is 6.42 Å². The average Bonchev–Trinajstić information content (AvgIpc) is 3.13. The molecule has 1 N–H and O–H groups in total. The van der Waals surface area contributed by atoms with Gasteiger partial charge in [-0.2, -0.15) is 0 Å². The summed E-state index contributed by atoms with van der Waals surface area (Å²) in [5.41, 5.74) is 3.57. The summed E-state index contributed by atoms with van der Waals surface area (Å²) >= 11 is 0. The Morgan fingerprint density at radius 3 is 2.58 bits per heavy atom. The molecule has 128 valence electrons. The number of anilines is 2. The van der Waals surface area contributed by atoms with Crippen molar-refractivity contribution >= 4 is 23.2 Å². The molecular formula is C20H16N4O2. The number of aromatic nitrogens is 2. The minimum Gasteiger partial charge on any atom is -0.321 e. The van der Waals surface area contributed by atoms with Crippen LogP contribution >= 0.6 is 0 Å². The molecule has 0 radical (unpaired) electrons. The van der Waals surface area contributed by atoms with Crippen molar-refractivity contribution in [2.45, 2.75) is 6.42 Å². The van der Waals surface area contributed by atoms with E-state index in [1.807, 2.05) is 24.3 Å². The number of rotatable bonds is 3. The van der Waals surface area contributed by atoms with Crippen molar-refractivity contribution in [1.82, 2.24) is 9.97 Å². The van der Waals surface area contributed by atoms with Gasteiger partial charge in [-0.3, -0.25) is 14.6 Å². The van der Waals surface area contributed by atoms with E-state index in [1.54, 1.807) is 29.2 Å². The highest BCUT2D eigenvalue weighted by molar-refractivity contribution is 6.08. The van der Waals surface area contributed by atoms with E-state index in [0.29, 0.717) is 17.8 Å². The molecule has 26 heavy (non-hydrogen) atoms. The van der Waals surface area contributed by atoms with Gasteiger partial charge in [0, 0.05) is 35.9 Å². The Morgan fingerprint density at radius 1 is 1.00 bits per heavy atom. The number of hydrogen-bond acceptors (Lipinski definition) is 4. The second kappa shape index (κ2) is 6.76. The van der Waals surface area contributed by atoms with E-state index in [-0.39, 0.29) is 17.5 Å². The summed E-state index contributed by atoms with van der Waals surface area (Å²) in [6, 6.07) is 14.8. The number of para-hydroxylation sites is 1. The van der Waals surface area contributed by atoms with Crippen molar-refractivity contribution in [2.75, 3.05) is 16.8 Å².